The van der Waals surface area contributed by atoms with Crippen LogP contribution in [0.2, 0.25) is 0 Å². The van der Waals surface area contributed by atoms with Gasteiger partial charge in [0.05, 0.1) is 4.92 Å². The second-order valence-electron chi connectivity index (χ2n) is 7.12. The SMILES string of the molecule is CSc1ccc([N+](=O)[O-])c(C(=O)Nc2cccc(C(=O)N3CCCC(CO)C3)c2)c1. The number of anilines is 1. The number of rotatable bonds is 6. The van der Waals surface area contributed by atoms with Gasteiger partial charge in [0.25, 0.3) is 17.5 Å². The first-order valence-corrected chi connectivity index (χ1v) is 10.8. The average Bonchev–Trinajstić information content (AvgIpc) is 2.78. The highest BCUT2D eigenvalue weighted by atomic mass is 32.2. The lowest BCUT2D eigenvalue weighted by molar-refractivity contribution is -0.385. The van der Waals surface area contributed by atoms with E-state index in [9.17, 15) is 24.8 Å². The van der Waals surface area contributed by atoms with Crippen molar-refractivity contribution in [2.75, 3.05) is 31.3 Å². The molecule has 0 aliphatic carbocycles. The molecule has 0 aromatic heterocycles. The Morgan fingerprint density at radius 3 is 2.80 bits per heavy atom. The van der Waals surface area contributed by atoms with E-state index in [2.05, 4.69) is 5.32 Å². The van der Waals surface area contributed by atoms with Crippen molar-refractivity contribution in [3.05, 3.63) is 63.7 Å². The highest BCUT2D eigenvalue weighted by molar-refractivity contribution is 7.98. The molecule has 1 unspecified atom stereocenters. The van der Waals surface area contributed by atoms with Gasteiger partial charge in [0.2, 0.25) is 0 Å². The molecule has 158 valence electrons. The molecule has 9 heteroatoms. The Bertz CT molecular complexity index is 965. The smallest absolute Gasteiger partial charge is 0.282 e. The summed E-state index contributed by atoms with van der Waals surface area (Å²) in [6, 6.07) is 10.9. The number of carbonyl (C=O) groups is 2. The molecule has 0 bridgehead atoms. The molecule has 2 aromatic rings. The quantitative estimate of drug-likeness (QED) is 0.413. The van der Waals surface area contributed by atoms with Crippen molar-refractivity contribution in [3.63, 3.8) is 0 Å². The molecular formula is C21H23N3O5S. The van der Waals surface area contributed by atoms with E-state index in [0.717, 1.165) is 17.7 Å². The number of hydrogen-bond donors (Lipinski definition) is 2. The van der Waals surface area contributed by atoms with Crippen LogP contribution in [0.25, 0.3) is 0 Å². The van der Waals surface area contributed by atoms with E-state index in [1.165, 1.54) is 23.9 Å². The van der Waals surface area contributed by atoms with Crippen LogP contribution in [0.15, 0.2) is 47.4 Å². The van der Waals surface area contributed by atoms with Crippen molar-refractivity contribution >= 4 is 35.0 Å². The van der Waals surface area contributed by atoms with E-state index in [4.69, 9.17) is 0 Å². The van der Waals surface area contributed by atoms with E-state index in [1.807, 2.05) is 6.26 Å². The molecule has 2 amide bonds. The Morgan fingerprint density at radius 1 is 1.30 bits per heavy atom. The molecule has 2 N–H and O–H groups in total. The zero-order valence-corrected chi connectivity index (χ0v) is 17.4. The topological polar surface area (TPSA) is 113 Å². The zero-order valence-electron chi connectivity index (χ0n) is 16.5. The molecule has 1 atom stereocenters. The van der Waals surface area contributed by atoms with E-state index in [1.54, 1.807) is 35.2 Å². The summed E-state index contributed by atoms with van der Waals surface area (Å²) in [5.74, 6) is -0.699. The molecule has 0 spiro atoms. The summed E-state index contributed by atoms with van der Waals surface area (Å²) < 4.78 is 0. The maximum Gasteiger partial charge on any atom is 0.282 e. The Balaban J connectivity index is 1.79. The maximum absolute atomic E-state index is 12.8. The first-order valence-electron chi connectivity index (χ1n) is 9.57. The largest absolute Gasteiger partial charge is 0.396 e. The van der Waals surface area contributed by atoms with Gasteiger partial charge in [-0.15, -0.1) is 11.8 Å². The Hall–Kier alpha value is -2.91. The monoisotopic (exact) mass is 429 g/mol. The molecular weight excluding hydrogens is 406 g/mol. The minimum absolute atomic E-state index is 0.0367. The normalized spacial score (nSPS) is 16.2. The van der Waals surface area contributed by atoms with Gasteiger partial charge in [0.1, 0.15) is 5.56 Å². The lowest BCUT2D eigenvalue weighted by atomic mass is 9.98. The molecule has 8 nitrogen and oxygen atoms in total. The fraction of sp³-hybridized carbons (Fsp3) is 0.333. The van der Waals surface area contributed by atoms with Crippen molar-refractivity contribution in [2.24, 2.45) is 5.92 Å². The van der Waals surface area contributed by atoms with Crippen molar-refractivity contribution in [3.8, 4) is 0 Å². The highest BCUT2D eigenvalue weighted by Gasteiger charge is 2.25. The van der Waals surface area contributed by atoms with Crippen LogP contribution in [0.3, 0.4) is 0 Å². The maximum atomic E-state index is 12.8. The van der Waals surface area contributed by atoms with Gasteiger partial charge in [-0.05, 0) is 55.3 Å². The first-order chi connectivity index (χ1) is 14.4. The summed E-state index contributed by atoms with van der Waals surface area (Å²) in [6.45, 7) is 1.17. The summed E-state index contributed by atoms with van der Waals surface area (Å²) in [5.41, 5.74) is 0.482. The van der Waals surface area contributed by atoms with Gasteiger partial charge >= 0.3 is 0 Å². The Labute approximate surface area is 178 Å². The average molecular weight is 429 g/mol. The van der Waals surface area contributed by atoms with E-state index in [0.29, 0.717) is 24.3 Å². The van der Waals surface area contributed by atoms with Crippen molar-refractivity contribution in [2.45, 2.75) is 17.7 Å². The minimum Gasteiger partial charge on any atom is -0.396 e. The third-order valence-electron chi connectivity index (χ3n) is 5.08. The van der Waals surface area contributed by atoms with Gasteiger partial charge in [-0.25, -0.2) is 0 Å². The molecule has 30 heavy (non-hydrogen) atoms. The van der Waals surface area contributed by atoms with E-state index >= 15 is 0 Å². The number of nitrogens with one attached hydrogen (secondary N) is 1. The van der Waals surface area contributed by atoms with Gasteiger partial charge in [-0.2, -0.15) is 0 Å². The van der Waals surface area contributed by atoms with Crippen LogP contribution in [0, 0.1) is 16.0 Å². The molecule has 0 radical (unpaired) electrons. The third-order valence-corrected chi connectivity index (χ3v) is 5.80. The number of thioether (sulfide) groups is 1. The number of nitro benzene ring substituents is 1. The molecule has 1 heterocycles. The van der Waals surface area contributed by atoms with Crippen molar-refractivity contribution in [1.29, 1.82) is 0 Å². The summed E-state index contributed by atoms with van der Waals surface area (Å²) in [6.07, 6.45) is 3.55. The van der Waals surface area contributed by atoms with Crippen LogP contribution < -0.4 is 5.32 Å². The van der Waals surface area contributed by atoms with Crippen LogP contribution in [-0.2, 0) is 0 Å². The number of piperidine rings is 1. The molecule has 1 saturated heterocycles. The van der Waals surface area contributed by atoms with Crippen molar-refractivity contribution < 1.29 is 19.6 Å². The highest BCUT2D eigenvalue weighted by Crippen LogP contribution is 2.26. The second kappa shape index (κ2) is 9.73. The third kappa shape index (κ3) is 4.98. The van der Waals surface area contributed by atoms with Crippen LogP contribution >= 0.6 is 11.8 Å². The van der Waals surface area contributed by atoms with Gasteiger partial charge in [0.15, 0.2) is 0 Å². The fourth-order valence-corrected chi connectivity index (χ4v) is 3.93. The summed E-state index contributed by atoms with van der Waals surface area (Å²) in [7, 11) is 0. The number of hydrogen-bond acceptors (Lipinski definition) is 6. The number of aliphatic hydroxyl groups is 1. The molecule has 1 fully saturated rings. The number of benzene rings is 2. The summed E-state index contributed by atoms with van der Waals surface area (Å²) >= 11 is 1.38. The number of aliphatic hydroxyl groups excluding tert-OH is 1. The number of nitro groups is 1. The predicted octanol–water partition coefficient (Wildman–Crippen LogP) is 3.41. The molecule has 0 saturated carbocycles. The molecule has 3 rings (SSSR count). The fourth-order valence-electron chi connectivity index (χ4n) is 3.49. The van der Waals surface area contributed by atoms with Gasteiger partial charge in [-0.3, -0.25) is 19.7 Å². The molecule has 2 aromatic carbocycles. The van der Waals surface area contributed by atoms with Crippen LogP contribution in [0.4, 0.5) is 11.4 Å². The number of nitrogens with zero attached hydrogens (tertiary/aromatic N) is 2. The molecule has 1 aliphatic rings. The summed E-state index contributed by atoms with van der Waals surface area (Å²) in [5, 5.41) is 23.3. The molecule has 1 aliphatic heterocycles. The lowest BCUT2D eigenvalue weighted by Gasteiger charge is -2.32. The minimum atomic E-state index is -0.611. The van der Waals surface area contributed by atoms with Gasteiger partial charge < -0.3 is 15.3 Å². The van der Waals surface area contributed by atoms with Gasteiger partial charge in [0, 0.05) is 41.9 Å². The standard InChI is InChI=1S/C21H23N3O5S/c1-30-17-7-8-19(24(28)29)18(11-17)20(26)22-16-6-2-5-15(10-16)21(27)23-9-3-4-14(12-23)13-25/h2,5-8,10-11,14,25H,3-4,9,12-13H2,1H3,(H,22,26). The predicted molar refractivity (Wildman–Crippen MR) is 115 cm³/mol. The number of likely N-dealkylation sites (tertiary alicyclic amines) is 1. The van der Waals surface area contributed by atoms with Gasteiger partial charge in [-0.1, -0.05) is 6.07 Å². The number of carbonyl (C=O) groups excluding carboxylic acids is 2. The van der Waals surface area contributed by atoms with E-state index in [-0.39, 0.29) is 29.7 Å². The van der Waals surface area contributed by atoms with Crippen LogP contribution in [0.5, 0.6) is 0 Å². The summed E-state index contributed by atoms with van der Waals surface area (Å²) in [4.78, 5) is 38.7. The first kappa shape index (κ1) is 21.8. The Kier molecular flexibility index (Phi) is 7.07. The van der Waals surface area contributed by atoms with Crippen LogP contribution in [-0.4, -0.2) is 52.7 Å². The number of amides is 2. The lowest BCUT2D eigenvalue weighted by Crippen LogP contribution is -2.40. The Morgan fingerprint density at radius 2 is 2.10 bits per heavy atom. The second-order valence-corrected chi connectivity index (χ2v) is 8.00. The zero-order chi connectivity index (χ0) is 21.7. The van der Waals surface area contributed by atoms with E-state index < -0.39 is 10.8 Å². The van der Waals surface area contributed by atoms with Crippen molar-refractivity contribution in [1.82, 2.24) is 4.90 Å². The van der Waals surface area contributed by atoms with Crippen LogP contribution in [0.1, 0.15) is 33.6 Å².